The van der Waals surface area contributed by atoms with Gasteiger partial charge in [0.2, 0.25) is 5.91 Å². The van der Waals surface area contributed by atoms with Crippen LogP contribution in [0, 0.1) is 5.92 Å². The Kier molecular flexibility index (Phi) is 4.41. The average molecular weight is 378 g/mol. The monoisotopic (exact) mass is 378 g/mol. The van der Waals surface area contributed by atoms with E-state index < -0.39 is 0 Å². The molecule has 1 aromatic heterocycles. The van der Waals surface area contributed by atoms with Crippen molar-refractivity contribution in [2.45, 2.75) is 51.0 Å². The van der Waals surface area contributed by atoms with E-state index in [1.807, 2.05) is 34.1 Å². The fraction of sp³-hybridized carbons (Fsp3) is 0.500. The molecule has 1 saturated heterocycles. The molecule has 3 heterocycles. The molecule has 0 bridgehead atoms. The number of carbonyl (C=O) groups is 2. The van der Waals surface area contributed by atoms with Crippen LogP contribution in [0.1, 0.15) is 66.3 Å². The van der Waals surface area contributed by atoms with Crippen molar-refractivity contribution >= 4 is 17.5 Å². The second-order valence-corrected chi connectivity index (χ2v) is 8.22. The number of carbonyl (C=O) groups excluding carboxylic acids is 2. The molecule has 1 N–H and O–H groups in total. The number of aromatic nitrogens is 2. The largest absolute Gasteiger partial charge is 0.334 e. The number of aromatic amines is 1. The van der Waals surface area contributed by atoms with Crippen LogP contribution in [0.25, 0.3) is 0 Å². The van der Waals surface area contributed by atoms with Gasteiger partial charge < -0.3 is 9.80 Å². The van der Waals surface area contributed by atoms with E-state index in [9.17, 15) is 9.59 Å². The summed E-state index contributed by atoms with van der Waals surface area (Å²) in [6.45, 7) is 1.50. The first kappa shape index (κ1) is 17.5. The minimum atomic E-state index is -0.0693. The van der Waals surface area contributed by atoms with Crippen LogP contribution in [-0.2, 0) is 11.2 Å². The molecule has 3 aliphatic rings. The number of anilines is 1. The summed E-state index contributed by atoms with van der Waals surface area (Å²) in [5, 5.41) is 7.40. The molecule has 1 aromatic carbocycles. The lowest BCUT2D eigenvalue weighted by molar-refractivity contribution is -0.142. The molecule has 2 aromatic rings. The van der Waals surface area contributed by atoms with Gasteiger partial charge in [-0.3, -0.25) is 14.7 Å². The van der Waals surface area contributed by atoms with Crippen molar-refractivity contribution in [1.29, 1.82) is 0 Å². The fourth-order valence-corrected chi connectivity index (χ4v) is 4.71. The molecule has 6 nitrogen and oxygen atoms in total. The number of hydrogen-bond acceptors (Lipinski definition) is 3. The minimum absolute atomic E-state index is 0.0155. The molecule has 146 valence electrons. The van der Waals surface area contributed by atoms with Crippen molar-refractivity contribution in [3.63, 3.8) is 0 Å². The summed E-state index contributed by atoms with van der Waals surface area (Å²) in [6.07, 6.45) is 7.16. The van der Waals surface area contributed by atoms with E-state index in [0.717, 1.165) is 62.9 Å². The van der Waals surface area contributed by atoms with E-state index in [1.54, 1.807) is 0 Å². The number of hydrogen-bond donors (Lipinski definition) is 1. The van der Waals surface area contributed by atoms with E-state index in [1.165, 1.54) is 5.56 Å². The minimum Gasteiger partial charge on any atom is -0.334 e. The Morgan fingerprint density at radius 1 is 1.04 bits per heavy atom. The molecule has 1 atom stereocenters. The first-order valence-electron chi connectivity index (χ1n) is 10.5. The maximum atomic E-state index is 13.0. The highest BCUT2D eigenvalue weighted by Gasteiger charge is 2.36. The molecule has 2 amide bonds. The van der Waals surface area contributed by atoms with Gasteiger partial charge >= 0.3 is 0 Å². The summed E-state index contributed by atoms with van der Waals surface area (Å²) in [6, 6.07) is 9.92. The van der Waals surface area contributed by atoms with E-state index in [2.05, 4.69) is 16.3 Å². The molecular formula is C22H26N4O2. The highest BCUT2D eigenvalue weighted by Crippen LogP contribution is 2.36. The van der Waals surface area contributed by atoms with Gasteiger partial charge in [0.1, 0.15) is 0 Å². The van der Waals surface area contributed by atoms with Gasteiger partial charge in [0, 0.05) is 24.7 Å². The standard InChI is InChI=1S/C22H26N4O2/c27-21(16-7-5-8-16)25-12-4-3-10-20(25)17-14-18(24-23-17)22(28)26-13-11-15-6-1-2-9-19(15)26/h1-2,6,9,14,16,20H,3-5,7-8,10-13H2,(H,23,24). The fourth-order valence-electron chi connectivity index (χ4n) is 4.71. The Hall–Kier alpha value is -2.63. The molecule has 6 heteroatoms. The number of fused-ring (bicyclic) bond motifs is 1. The van der Waals surface area contributed by atoms with E-state index in [0.29, 0.717) is 12.2 Å². The van der Waals surface area contributed by atoms with Crippen LogP contribution in [0.2, 0.25) is 0 Å². The van der Waals surface area contributed by atoms with Gasteiger partial charge in [0.15, 0.2) is 5.69 Å². The Morgan fingerprint density at radius 3 is 2.71 bits per heavy atom. The maximum Gasteiger partial charge on any atom is 0.278 e. The molecule has 2 fully saturated rings. The molecule has 1 aliphatic carbocycles. The molecule has 28 heavy (non-hydrogen) atoms. The molecule has 0 radical (unpaired) electrons. The van der Waals surface area contributed by atoms with Crippen molar-refractivity contribution < 1.29 is 9.59 Å². The van der Waals surface area contributed by atoms with Gasteiger partial charge in [-0.2, -0.15) is 5.10 Å². The molecule has 5 rings (SSSR count). The van der Waals surface area contributed by atoms with Crippen LogP contribution >= 0.6 is 0 Å². The summed E-state index contributed by atoms with van der Waals surface area (Å²) in [5.74, 6) is 0.415. The number of para-hydroxylation sites is 1. The molecule has 1 saturated carbocycles. The summed E-state index contributed by atoms with van der Waals surface area (Å²) < 4.78 is 0. The van der Waals surface area contributed by atoms with E-state index >= 15 is 0 Å². The van der Waals surface area contributed by atoms with Crippen molar-refractivity contribution in [2.75, 3.05) is 18.0 Å². The lowest BCUT2D eigenvalue weighted by Gasteiger charge is -2.39. The van der Waals surface area contributed by atoms with Crippen molar-refractivity contribution in [3.05, 3.63) is 47.3 Å². The van der Waals surface area contributed by atoms with Crippen LogP contribution in [0.4, 0.5) is 5.69 Å². The maximum absolute atomic E-state index is 13.0. The number of nitrogens with zero attached hydrogens (tertiary/aromatic N) is 3. The third-order valence-electron chi connectivity index (χ3n) is 6.55. The number of rotatable bonds is 3. The molecule has 0 spiro atoms. The van der Waals surface area contributed by atoms with E-state index in [4.69, 9.17) is 0 Å². The Morgan fingerprint density at radius 2 is 1.89 bits per heavy atom. The van der Waals surface area contributed by atoms with E-state index in [-0.39, 0.29) is 23.8 Å². The van der Waals surface area contributed by atoms with Crippen LogP contribution < -0.4 is 4.90 Å². The lowest BCUT2D eigenvalue weighted by Crippen LogP contribution is -2.43. The van der Waals surface area contributed by atoms with Crippen molar-refractivity contribution in [3.8, 4) is 0 Å². The number of nitrogens with one attached hydrogen (secondary N) is 1. The van der Waals surface area contributed by atoms with Gasteiger partial charge in [-0.15, -0.1) is 0 Å². The van der Waals surface area contributed by atoms with Gasteiger partial charge in [-0.25, -0.2) is 0 Å². The van der Waals surface area contributed by atoms with Crippen LogP contribution in [-0.4, -0.2) is 40.0 Å². The van der Waals surface area contributed by atoms with Gasteiger partial charge in [-0.05, 0) is 56.2 Å². The van der Waals surface area contributed by atoms with Gasteiger partial charge in [0.25, 0.3) is 5.91 Å². The Balaban J connectivity index is 1.36. The second-order valence-electron chi connectivity index (χ2n) is 8.22. The number of likely N-dealkylation sites (tertiary alicyclic amines) is 1. The number of benzene rings is 1. The molecular weight excluding hydrogens is 352 g/mol. The van der Waals surface area contributed by atoms with Crippen LogP contribution in [0.5, 0.6) is 0 Å². The van der Waals surface area contributed by atoms with Gasteiger partial charge in [0.05, 0.1) is 11.7 Å². The molecule has 1 unspecified atom stereocenters. The second kappa shape index (κ2) is 7.08. The average Bonchev–Trinajstić information content (AvgIpc) is 3.33. The normalized spacial score (nSPS) is 22.1. The summed E-state index contributed by atoms with van der Waals surface area (Å²) >= 11 is 0. The zero-order valence-electron chi connectivity index (χ0n) is 16.1. The summed E-state index contributed by atoms with van der Waals surface area (Å²) in [7, 11) is 0. The highest BCUT2D eigenvalue weighted by molar-refractivity contribution is 6.06. The summed E-state index contributed by atoms with van der Waals surface area (Å²) in [4.78, 5) is 29.8. The first-order valence-corrected chi connectivity index (χ1v) is 10.5. The zero-order chi connectivity index (χ0) is 19.1. The predicted molar refractivity (Wildman–Crippen MR) is 106 cm³/mol. The SMILES string of the molecule is O=C(c1cc(C2CCCCN2C(=O)C2CCC2)[nH]n1)N1CCc2ccccc21. The highest BCUT2D eigenvalue weighted by atomic mass is 16.2. The Bertz CT molecular complexity index is 901. The third kappa shape index (κ3) is 2.91. The number of amides is 2. The van der Waals surface area contributed by atoms with Crippen molar-refractivity contribution in [2.24, 2.45) is 5.92 Å². The predicted octanol–water partition coefficient (Wildman–Crippen LogP) is 3.47. The topological polar surface area (TPSA) is 69.3 Å². The van der Waals surface area contributed by atoms with Gasteiger partial charge in [-0.1, -0.05) is 24.6 Å². The quantitative estimate of drug-likeness (QED) is 0.889. The van der Waals surface area contributed by atoms with Crippen LogP contribution in [0.15, 0.2) is 30.3 Å². The summed E-state index contributed by atoms with van der Waals surface area (Å²) in [5.41, 5.74) is 3.52. The number of piperidine rings is 1. The lowest BCUT2D eigenvalue weighted by atomic mass is 9.83. The smallest absolute Gasteiger partial charge is 0.278 e. The zero-order valence-corrected chi connectivity index (χ0v) is 16.1. The third-order valence-corrected chi connectivity index (χ3v) is 6.55. The number of H-pyrrole nitrogens is 1. The Labute approximate surface area is 164 Å². The van der Waals surface area contributed by atoms with Crippen molar-refractivity contribution in [1.82, 2.24) is 15.1 Å². The van der Waals surface area contributed by atoms with Crippen LogP contribution in [0.3, 0.4) is 0 Å². The molecule has 2 aliphatic heterocycles. The first-order chi connectivity index (χ1) is 13.7.